The Balaban J connectivity index is 1.53. The number of carbonyl (C=O) groups is 2. The van der Waals surface area contributed by atoms with Crippen LogP contribution in [0.2, 0.25) is 0 Å². The first-order valence-electron chi connectivity index (χ1n) is 10.7. The van der Waals surface area contributed by atoms with E-state index in [1.165, 1.54) is 10.8 Å². The summed E-state index contributed by atoms with van der Waals surface area (Å²) in [5.74, 6) is -1.26. The molecule has 8 nitrogen and oxygen atoms in total. The second-order valence-corrected chi connectivity index (χ2v) is 8.14. The summed E-state index contributed by atoms with van der Waals surface area (Å²) in [6, 6.07) is 16.9. The third-order valence-electron chi connectivity index (χ3n) is 5.85. The van der Waals surface area contributed by atoms with Crippen molar-refractivity contribution in [2.45, 2.75) is 31.9 Å². The number of rotatable bonds is 6. The Morgan fingerprint density at radius 2 is 1.55 bits per heavy atom. The van der Waals surface area contributed by atoms with Crippen molar-refractivity contribution < 1.29 is 19.1 Å². The number of carbonyl (C=O) groups excluding carboxylic acids is 2. The summed E-state index contributed by atoms with van der Waals surface area (Å²) >= 11 is 0. The van der Waals surface area contributed by atoms with Crippen LogP contribution in [0.4, 0.5) is 0 Å². The molecule has 3 atom stereocenters. The lowest BCUT2D eigenvalue weighted by atomic mass is 10.1. The van der Waals surface area contributed by atoms with E-state index in [9.17, 15) is 19.2 Å². The van der Waals surface area contributed by atoms with Crippen molar-refractivity contribution in [2.75, 3.05) is 6.61 Å². The molecule has 0 saturated heterocycles. The molecule has 1 fully saturated rings. The number of hydrogen-bond donors (Lipinski definition) is 1. The summed E-state index contributed by atoms with van der Waals surface area (Å²) < 4.78 is 12.7. The van der Waals surface area contributed by atoms with E-state index >= 15 is 0 Å². The van der Waals surface area contributed by atoms with Crippen LogP contribution in [0, 0.1) is 12.8 Å². The quantitative estimate of drug-likeness (QED) is 0.581. The van der Waals surface area contributed by atoms with Gasteiger partial charge in [0.15, 0.2) is 0 Å². The van der Waals surface area contributed by atoms with E-state index < -0.39 is 29.3 Å². The zero-order chi connectivity index (χ0) is 23.4. The number of benzene rings is 2. The fourth-order valence-corrected chi connectivity index (χ4v) is 4.08. The molecule has 0 bridgehead atoms. The topological polar surface area (TPSA) is 107 Å². The van der Waals surface area contributed by atoms with Crippen LogP contribution in [0.1, 0.15) is 45.2 Å². The molecule has 1 N–H and O–H groups in total. The van der Waals surface area contributed by atoms with Crippen molar-refractivity contribution in [3.8, 4) is 0 Å². The Bertz CT molecular complexity index is 1250. The van der Waals surface area contributed by atoms with Crippen molar-refractivity contribution in [2.24, 2.45) is 5.92 Å². The molecule has 0 amide bonds. The molecule has 4 rings (SSSR count). The zero-order valence-corrected chi connectivity index (χ0v) is 18.1. The molecular formula is C25H24N2O6. The molecule has 3 aromatic rings. The standard InChI is InChI=1S/C25H24N2O6/c1-16-14-27(25(31)26-22(16)28)20-12-19(15-32-23(29)17-8-4-2-5-9-17)21(13-20)33-24(30)18-10-6-3-7-11-18/h2-11,14,19-21H,12-13,15H2,1H3,(H,26,28,31)/t19-,20-,21+/m1/s1. The van der Waals surface area contributed by atoms with Crippen molar-refractivity contribution >= 4 is 11.9 Å². The lowest BCUT2D eigenvalue weighted by molar-refractivity contribution is 0.00476. The summed E-state index contributed by atoms with van der Waals surface area (Å²) in [5.41, 5.74) is 0.294. The predicted molar refractivity (Wildman–Crippen MR) is 120 cm³/mol. The maximum absolute atomic E-state index is 12.7. The SMILES string of the molecule is Cc1cn([C@@H]2C[C@H](COC(=O)c3ccccc3)[C@@H](OC(=O)c3ccccc3)C2)c(=O)[nH]c1=O. The first kappa shape index (κ1) is 22.3. The molecule has 1 aromatic heterocycles. The van der Waals surface area contributed by atoms with Gasteiger partial charge in [-0.2, -0.15) is 0 Å². The first-order valence-corrected chi connectivity index (χ1v) is 10.7. The molecule has 0 radical (unpaired) electrons. The van der Waals surface area contributed by atoms with Crippen LogP contribution in [-0.2, 0) is 9.47 Å². The summed E-state index contributed by atoms with van der Waals surface area (Å²) in [6.45, 7) is 1.66. The largest absolute Gasteiger partial charge is 0.462 e. The van der Waals surface area contributed by atoms with Gasteiger partial charge in [-0.3, -0.25) is 14.3 Å². The minimum Gasteiger partial charge on any atom is -0.462 e. The average molecular weight is 448 g/mol. The van der Waals surface area contributed by atoms with Crippen molar-refractivity contribution in [3.63, 3.8) is 0 Å². The third kappa shape index (κ3) is 5.11. The second-order valence-electron chi connectivity index (χ2n) is 8.14. The average Bonchev–Trinajstić information content (AvgIpc) is 3.23. The summed E-state index contributed by atoms with van der Waals surface area (Å²) in [7, 11) is 0. The van der Waals surface area contributed by atoms with Gasteiger partial charge in [0.05, 0.1) is 17.7 Å². The van der Waals surface area contributed by atoms with Gasteiger partial charge in [0.2, 0.25) is 0 Å². The number of H-pyrrole nitrogens is 1. The summed E-state index contributed by atoms with van der Waals surface area (Å²) in [6.07, 6.45) is 1.75. The molecule has 1 aliphatic rings. The van der Waals surface area contributed by atoms with Crippen LogP contribution in [0.15, 0.2) is 76.4 Å². The van der Waals surface area contributed by atoms with Gasteiger partial charge in [-0.15, -0.1) is 0 Å². The first-order chi connectivity index (χ1) is 15.9. The number of aromatic nitrogens is 2. The van der Waals surface area contributed by atoms with Crippen LogP contribution < -0.4 is 11.2 Å². The van der Waals surface area contributed by atoms with E-state index in [-0.39, 0.29) is 18.6 Å². The van der Waals surface area contributed by atoms with Crippen LogP contribution in [0.3, 0.4) is 0 Å². The number of nitrogens with zero attached hydrogens (tertiary/aromatic N) is 1. The van der Waals surface area contributed by atoms with Gasteiger partial charge in [0.25, 0.3) is 5.56 Å². The highest BCUT2D eigenvalue weighted by Gasteiger charge is 2.39. The molecule has 8 heteroatoms. The van der Waals surface area contributed by atoms with Gasteiger partial charge < -0.3 is 9.47 Å². The maximum Gasteiger partial charge on any atom is 0.338 e. The number of ether oxygens (including phenoxy) is 2. The van der Waals surface area contributed by atoms with E-state index in [4.69, 9.17) is 9.47 Å². The van der Waals surface area contributed by atoms with E-state index in [2.05, 4.69) is 4.98 Å². The highest BCUT2D eigenvalue weighted by molar-refractivity contribution is 5.90. The van der Waals surface area contributed by atoms with E-state index in [0.29, 0.717) is 29.5 Å². The summed E-state index contributed by atoms with van der Waals surface area (Å²) in [4.78, 5) is 51.6. The second kappa shape index (κ2) is 9.68. The van der Waals surface area contributed by atoms with Crippen molar-refractivity contribution in [1.29, 1.82) is 0 Å². The van der Waals surface area contributed by atoms with Gasteiger partial charge in [-0.1, -0.05) is 36.4 Å². The maximum atomic E-state index is 12.7. The lowest BCUT2D eigenvalue weighted by Gasteiger charge is -2.19. The number of hydrogen-bond acceptors (Lipinski definition) is 6. The molecule has 1 saturated carbocycles. The highest BCUT2D eigenvalue weighted by atomic mass is 16.6. The minimum atomic E-state index is -0.564. The monoisotopic (exact) mass is 448 g/mol. The minimum absolute atomic E-state index is 0.0358. The number of nitrogens with one attached hydrogen (secondary N) is 1. The van der Waals surface area contributed by atoms with Crippen LogP contribution in [0.25, 0.3) is 0 Å². The van der Waals surface area contributed by atoms with Crippen molar-refractivity contribution in [1.82, 2.24) is 9.55 Å². The zero-order valence-electron chi connectivity index (χ0n) is 18.1. The number of aryl methyl sites for hydroxylation is 1. The molecule has 0 aliphatic heterocycles. The number of aromatic amines is 1. The molecule has 1 heterocycles. The Labute approximate surface area is 189 Å². The molecule has 170 valence electrons. The van der Waals surface area contributed by atoms with Gasteiger partial charge in [-0.05, 0) is 37.6 Å². The fourth-order valence-electron chi connectivity index (χ4n) is 4.08. The normalized spacial score (nSPS) is 19.7. The van der Waals surface area contributed by atoms with Crippen LogP contribution >= 0.6 is 0 Å². The van der Waals surface area contributed by atoms with Gasteiger partial charge >= 0.3 is 17.6 Å². The van der Waals surface area contributed by atoms with Gasteiger partial charge in [0.1, 0.15) is 6.10 Å². The summed E-state index contributed by atoms with van der Waals surface area (Å²) in [5, 5.41) is 0. The van der Waals surface area contributed by atoms with Gasteiger partial charge in [-0.25, -0.2) is 14.4 Å². The van der Waals surface area contributed by atoms with Crippen LogP contribution in [-0.4, -0.2) is 34.2 Å². The molecule has 0 spiro atoms. The smallest absolute Gasteiger partial charge is 0.338 e. The highest BCUT2D eigenvalue weighted by Crippen LogP contribution is 2.37. The predicted octanol–water partition coefficient (Wildman–Crippen LogP) is 2.88. The van der Waals surface area contributed by atoms with E-state index in [1.54, 1.807) is 67.6 Å². The number of esters is 2. The van der Waals surface area contributed by atoms with E-state index in [0.717, 1.165) is 0 Å². The molecule has 33 heavy (non-hydrogen) atoms. The third-order valence-corrected chi connectivity index (χ3v) is 5.85. The van der Waals surface area contributed by atoms with E-state index in [1.807, 2.05) is 0 Å². The molecule has 2 aromatic carbocycles. The Morgan fingerprint density at radius 3 is 2.18 bits per heavy atom. The van der Waals surface area contributed by atoms with Gasteiger partial charge in [0, 0.05) is 30.1 Å². The van der Waals surface area contributed by atoms with Crippen LogP contribution in [0.5, 0.6) is 0 Å². The molecular weight excluding hydrogens is 424 g/mol. The Morgan fingerprint density at radius 1 is 0.939 bits per heavy atom. The lowest BCUT2D eigenvalue weighted by Crippen LogP contribution is -2.32. The fraction of sp³-hybridized carbons (Fsp3) is 0.280. The Kier molecular flexibility index (Phi) is 6.53. The van der Waals surface area contributed by atoms with Crippen molar-refractivity contribution in [3.05, 3.63) is 104 Å². The molecule has 1 aliphatic carbocycles. The Hall–Kier alpha value is -3.94. The molecule has 0 unspecified atom stereocenters.